The highest BCUT2D eigenvalue weighted by Crippen LogP contribution is 2.35. The Balaban J connectivity index is 2.16. The summed E-state index contributed by atoms with van der Waals surface area (Å²) in [7, 11) is 0. The number of aryl methyl sites for hydroxylation is 1. The third kappa shape index (κ3) is 3.64. The maximum Gasteiger partial charge on any atom is 0.329 e. The lowest BCUT2D eigenvalue weighted by atomic mass is 10.0. The van der Waals surface area contributed by atoms with E-state index < -0.39 is 12.0 Å². The van der Waals surface area contributed by atoms with Gasteiger partial charge in [-0.1, -0.05) is 26.0 Å². The van der Waals surface area contributed by atoms with Gasteiger partial charge in [0.15, 0.2) is 0 Å². The number of ether oxygens (including phenoxy) is 1. The average molecular weight is 388 g/mol. The Bertz CT molecular complexity index is 1020. The molecule has 0 aliphatic carbocycles. The van der Waals surface area contributed by atoms with Gasteiger partial charge in [0.2, 0.25) is 0 Å². The highest BCUT2D eigenvalue weighted by molar-refractivity contribution is 7.19. The van der Waals surface area contributed by atoms with Crippen LogP contribution >= 0.6 is 11.3 Å². The van der Waals surface area contributed by atoms with Gasteiger partial charge in [-0.2, -0.15) is 0 Å². The minimum absolute atomic E-state index is 0.288. The normalized spacial score (nSPS) is 12.3. The van der Waals surface area contributed by atoms with Gasteiger partial charge in [0.05, 0.1) is 18.3 Å². The molecule has 2 heterocycles. The minimum atomic E-state index is -0.720. The Morgan fingerprint density at radius 1 is 1.30 bits per heavy atom. The van der Waals surface area contributed by atoms with Crippen LogP contribution in [0.2, 0.25) is 0 Å². The lowest BCUT2D eigenvalue weighted by molar-refractivity contribution is -0.147. The minimum Gasteiger partial charge on any atom is -0.464 e. The third-order valence-electron chi connectivity index (χ3n) is 4.39. The van der Waals surface area contributed by atoms with E-state index in [0.717, 1.165) is 16.0 Å². The van der Waals surface area contributed by atoms with Gasteiger partial charge in [-0.05, 0) is 37.5 Å². The van der Waals surface area contributed by atoms with Gasteiger partial charge in [0, 0.05) is 10.4 Å². The molecule has 0 saturated heterocycles. The molecule has 0 aliphatic heterocycles. The average Bonchev–Trinajstić information content (AvgIpc) is 3.00. The number of benzene rings is 1. The number of hydrogen-bond acceptors (Lipinski definition) is 5. The van der Waals surface area contributed by atoms with Crippen molar-refractivity contribution in [2.24, 2.45) is 0 Å². The standard InChI is InChI=1S/C20H21FN2O3S/c1-4-10-26-20(25)15(5-2)23-11-22-18-17(19(23)24)16(12(3)27-18)13-6-8-14(21)9-7-13/h6-9,11,15H,4-5,10H2,1-3H3. The number of rotatable bonds is 6. The number of esters is 1. The molecule has 7 heteroatoms. The SMILES string of the molecule is CCCOC(=O)C(CC)n1cnc2sc(C)c(-c3ccc(F)cc3)c2c1=O. The summed E-state index contributed by atoms with van der Waals surface area (Å²) in [5.41, 5.74) is 1.20. The van der Waals surface area contributed by atoms with Gasteiger partial charge in [-0.25, -0.2) is 14.2 Å². The summed E-state index contributed by atoms with van der Waals surface area (Å²) in [5.74, 6) is -0.769. The Kier molecular flexibility index (Phi) is 5.70. The largest absolute Gasteiger partial charge is 0.464 e. The smallest absolute Gasteiger partial charge is 0.329 e. The predicted molar refractivity (Wildman–Crippen MR) is 105 cm³/mol. The second-order valence-electron chi connectivity index (χ2n) is 6.27. The molecule has 2 aromatic heterocycles. The van der Waals surface area contributed by atoms with Gasteiger partial charge < -0.3 is 4.74 Å². The quantitative estimate of drug-likeness (QED) is 0.584. The lowest BCUT2D eigenvalue weighted by Gasteiger charge is -2.16. The molecule has 27 heavy (non-hydrogen) atoms. The summed E-state index contributed by atoms with van der Waals surface area (Å²) in [6.45, 7) is 5.96. The fraction of sp³-hybridized carbons (Fsp3) is 0.350. The molecule has 0 spiro atoms. The maximum atomic E-state index is 13.3. The zero-order chi connectivity index (χ0) is 19.6. The van der Waals surface area contributed by atoms with Crippen LogP contribution < -0.4 is 5.56 Å². The number of thiophene rings is 1. The Hall–Kier alpha value is -2.54. The first kappa shape index (κ1) is 19.2. The molecule has 3 aromatic rings. The van der Waals surface area contributed by atoms with E-state index in [9.17, 15) is 14.0 Å². The molecule has 0 saturated carbocycles. The molecule has 0 N–H and O–H groups in total. The summed E-state index contributed by atoms with van der Waals surface area (Å²) >= 11 is 1.41. The van der Waals surface area contributed by atoms with E-state index in [0.29, 0.717) is 29.7 Å². The second kappa shape index (κ2) is 8.00. The van der Waals surface area contributed by atoms with Crippen LogP contribution in [0, 0.1) is 12.7 Å². The van der Waals surface area contributed by atoms with Crippen LogP contribution in [0.5, 0.6) is 0 Å². The van der Waals surface area contributed by atoms with E-state index in [1.165, 1.54) is 34.4 Å². The number of nitrogens with zero attached hydrogens (tertiary/aromatic N) is 2. The van der Waals surface area contributed by atoms with Crippen LogP contribution in [0.4, 0.5) is 4.39 Å². The molecular weight excluding hydrogens is 367 g/mol. The van der Waals surface area contributed by atoms with Crippen molar-refractivity contribution in [1.29, 1.82) is 0 Å². The van der Waals surface area contributed by atoms with Crippen LogP contribution in [-0.4, -0.2) is 22.1 Å². The van der Waals surface area contributed by atoms with Gasteiger partial charge in [-0.3, -0.25) is 9.36 Å². The van der Waals surface area contributed by atoms with Gasteiger partial charge >= 0.3 is 5.97 Å². The zero-order valence-electron chi connectivity index (χ0n) is 15.5. The van der Waals surface area contributed by atoms with Gasteiger partial charge in [0.25, 0.3) is 5.56 Å². The molecule has 0 fully saturated rings. The van der Waals surface area contributed by atoms with E-state index in [2.05, 4.69) is 4.98 Å². The van der Waals surface area contributed by atoms with Crippen LogP contribution in [0.3, 0.4) is 0 Å². The Morgan fingerprint density at radius 3 is 2.63 bits per heavy atom. The first-order chi connectivity index (χ1) is 13.0. The predicted octanol–water partition coefficient (Wildman–Crippen LogP) is 4.48. The highest BCUT2D eigenvalue weighted by Gasteiger charge is 2.24. The Labute approximate surface area is 160 Å². The summed E-state index contributed by atoms with van der Waals surface area (Å²) in [4.78, 5) is 31.5. The van der Waals surface area contributed by atoms with E-state index in [1.54, 1.807) is 12.1 Å². The molecule has 0 aliphatic rings. The van der Waals surface area contributed by atoms with E-state index in [4.69, 9.17) is 4.74 Å². The molecule has 1 atom stereocenters. The van der Waals surface area contributed by atoms with Crippen LogP contribution in [0.15, 0.2) is 35.4 Å². The fourth-order valence-electron chi connectivity index (χ4n) is 3.08. The van der Waals surface area contributed by atoms with Crippen molar-refractivity contribution in [3.05, 3.63) is 51.6 Å². The first-order valence-electron chi connectivity index (χ1n) is 8.90. The van der Waals surface area contributed by atoms with E-state index in [-0.39, 0.29) is 11.4 Å². The summed E-state index contributed by atoms with van der Waals surface area (Å²) in [6.07, 6.45) is 2.55. The van der Waals surface area contributed by atoms with Crippen molar-refractivity contribution in [1.82, 2.24) is 9.55 Å². The highest BCUT2D eigenvalue weighted by atomic mass is 32.1. The maximum absolute atomic E-state index is 13.3. The van der Waals surface area contributed by atoms with Crippen molar-refractivity contribution in [2.75, 3.05) is 6.61 Å². The third-order valence-corrected chi connectivity index (χ3v) is 5.40. The molecule has 0 radical (unpaired) electrons. The van der Waals surface area contributed by atoms with Crippen molar-refractivity contribution < 1.29 is 13.9 Å². The molecular formula is C20H21FN2O3S. The molecule has 142 valence electrons. The Morgan fingerprint density at radius 2 is 2.00 bits per heavy atom. The van der Waals surface area contributed by atoms with Crippen LogP contribution in [-0.2, 0) is 9.53 Å². The lowest BCUT2D eigenvalue weighted by Crippen LogP contribution is -2.31. The van der Waals surface area contributed by atoms with Gasteiger partial charge in [-0.15, -0.1) is 11.3 Å². The molecule has 5 nitrogen and oxygen atoms in total. The van der Waals surface area contributed by atoms with E-state index >= 15 is 0 Å². The zero-order valence-corrected chi connectivity index (χ0v) is 16.3. The van der Waals surface area contributed by atoms with Crippen molar-refractivity contribution in [3.63, 3.8) is 0 Å². The number of halogens is 1. The van der Waals surface area contributed by atoms with Crippen LogP contribution in [0.25, 0.3) is 21.3 Å². The summed E-state index contributed by atoms with van der Waals surface area (Å²) in [6, 6.07) is 5.30. The van der Waals surface area contributed by atoms with Crippen molar-refractivity contribution >= 4 is 27.5 Å². The molecule has 0 amide bonds. The molecule has 0 bridgehead atoms. The summed E-state index contributed by atoms with van der Waals surface area (Å²) in [5, 5.41) is 0.452. The number of carbonyl (C=O) groups excluding carboxylic acids is 1. The van der Waals surface area contributed by atoms with Gasteiger partial charge in [0.1, 0.15) is 16.7 Å². The number of aromatic nitrogens is 2. The van der Waals surface area contributed by atoms with Crippen molar-refractivity contribution in [3.8, 4) is 11.1 Å². The van der Waals surface area contributed by atoms with E-state index in [1.807, 2.05) is 20.8 Å². The topological polar surface area (TPSA) is 61.2 Å². The number of hydrogen-bond donors (Lipinski definition) is 0. The number of carbonyl (C=O) groups is 1. The molecule has 3 rings (SSSR count). The second-order valence-corrected chi connectivity index (χ2v) is 7.47. The molecule has 1 aromatic carbocycles. The summed E-state index contributed by atoms with van der Waals surface area (Å²) < 4.78 is 19.9. The van der Waals surface area contributed by atoms with Crippen LogP contribution in [0.1, 0.15) is 37.6 Å². The van der Waals surface area contributed by atoms with Crippen molar-refractivity contribution in [2.45, 2.75) is 39.7 Å². The fourth-order valence-corrected chi connectivity index (χ4v) is 4.08. The number of fused-ring (bicyclic) bond motifs is 1. The molecule has 1 unspecified atom stereocenters. The first-order valence-corrected chi connectivity index (χ1v) is 9.72. The monoisotopic (exact) mass is 388 g/mol.